The number of anilines is 1. The van der Waals surface area contributed by atoms with Gasteiger partial charge in [0.05, 0.1) is 12.8 Å². The van der Waals surface area contributed by atoms with Crippen LogP contribution in [0, 0.1) is 10.7 Å². The monoisotopic (exact) mass is 180 g/mol. The topological polar surface area (TPSA) is 59.0 Å². The van der Waals surface area contributed by atoms with Gasteiger partial charge in [-0.2, -0.15) is 5.26 Å². The molecule has 0 spiro atoms. The molecule has 4 heteroatoms. The Morgan fingerprint density at radius 3 is 2.92 bits per heavy atom. The van der Waals surface area contributed by atoms with Crippen LogP contribution < -0.4 is 10.5 Å². The van der Waals surface area contributed by atoms with Crippen molar-refractivity contribution < 1.29 is 4.74 Å². The zero-order valence-electron chi connectivity index (χ0n) is 6.57. The van der Waals surface area contributed by atoms with Crippen molar-refractivity contribution in [3.05, 3.63) is 18.2 Å². The van der Waals surface area contributed by atoms with Crippen LogP contribution in [0.25, 0.3) is 0 Å². The Bertz CT molecular complexity index is 319. The highest BCUT2D eigenvalue weighted by molar-refractivity contribution is 8.03. The number of nitrogen functional groups attached to an aromatic ring is 1. The zero-order chi connectivity index (χ0) is 8.97. The molecule has 1 aromatic rings. The van der Waals surface area contributed by atoms with Crippen LogP contribution in [-0.4, -0.2) is 7.11 Å². The summed E-state index contributed by atoms with van der Waals surface area (Å²) in [5.41, 5.74) is 6.16. The van der Waals surface area contributed by atoms with Crippen molar-refractivity contribution in [2.45, 2.75) is 4.90 Å². The average molecular weight is 180 g/mol. The first kappa shape index (κ1) is 8.75. The highest BCUT2D eigenvalue weighted by Gasteiger charge is 2.00. The average Bonchev–Trinajstić information content (AvgIpc) is 2.09. The van der Waals surface area contributed by atoms with Crippen LogP contribution in [0.4, 0.5) is 5.69 Å². The fourth-order valence-corrected chi connectivity index (χ4v) is 1.22. The molecule has 0 aliphatic heterocycles. The van der Waals surface area contributed by atoms with Crippen LogP contribution in [0.3, 0.4) is 0 Å². The summed E-state index contributed by atoms with van der Waals surface area (Å²) >= 11 is 1.08. The van der Waals surface area contributed by atoms with Crippen molar-refractivity contribution in [3.8, 4) is 11.2 Å². The van der Waals surface area contributed by atoms with Crippen LogP contribution >= 0.6 is 11.8 Å². The van der Waals surface area contributed by atoms with E-state index in [9.17, 15) is 0 Å². The normalized spacial score (nSPS) is 9.00. The number of thiocyanates is 1. The van der Waals surface area contributed by atoms with Gasteiger partial charge in [-0.3, -0.25) is 0 Å². The van der Waals surface area contributed by atoms with Gasteiger partial charge in [0.25, 0.3) is 0 Å². The SMILES string of the molecule is COc1cc(SC#N)ccc1N. The largest absolute Gasteiger partial charge is 0.495 e. The van der Waals surface area contributed by atoms with Crippen molar-refractivity contribution in [2.75, 3.05) is 12.8 Å². The molecule has 0 amide bonds. The molecule has 0 bridgehead atoms. The van der Waals surface area contributed by atoms with E-state index in [1.54, 1.807) is 25.3 Å². The van der Waals surface area contributed by atoms with Crippen LogP contribution in [-0.2, 0) is 0 Å². The van der Waals surface area contributed by atoms with Gasteiger partial charge in [0.15, 0.2) is 0 Å². The smallest absolute Gasteiger partial charge is 0.142 e. The number of nitriles is 1. The second-order valence-corrected chi connectivity index (χ2v) is 2.96. The predicted molar refractivity (Wildman–Crippen MR) is 48.9 cm³/mol. The number of ether oxygens (including phenoxy) is 1. The first-order chi connectivity index (χ1) is 5.77. The standard InChI is InChI=1S/C8H8N2OS/c1-11-8-4-6(12-5-9)2-3-7(8)10/h2-4H,10H2,1H3. The molecule has 2 N–H and O–H groups in total. The van der Waals surface area contributed by atoms with Crippen molar-refractivity contribution in [3.63, 3.8) is 0 Å². The lowest BCUT2D eigenvalue weighted by molar-refractivity contribution is 0.416. The molecule has 0 heterocycles. The fraction of sp³-hybridized carbons (Fsp3) is 0.125. The molecule has 0 unspecified atom stereocenters. The van der Waals surface area contributed by atoms with Gasteiger partial charge in [-0.05, 0) is 30.0 Å². The Morgan fingerprint density at radius 2 is 2.33 bits per heavy atom. The summed E-state index contributed by atoms with van der Waals surface area (Å²) in [7, 11) is 1.55. The van der Waals surface area contributed by atoms with Crippen LogP contribution in [0.5, 0.6) is 5.75 Å². The van der Waals surface area contributed by atoms with E-state index in [0.717, 1.165) is 16.7 Å². The van der Waals surface area contributed by atoms with Crippen LogP contribution in [0.2, 0.25) is 0 Å². The van der Waals surface area contributed by atoms with Gasteiger partial charge >= 0.3 is 0 Å². The molecule has 1 rings (SSSR count). The fourth-order valence-electron chi connectivity index (χ4n) is 0.808. The van der Waals surface area contributed by atoms with Gasteiger partial charge in [-0.1, -0.05) is 0 Å². The Hall–Kier alpha value is -1.34. The maximum absolute atomic E-state index is 8.39. The minimum atomic E-state index is 0.583. The van der Waals surface area contributed by atoms with Gasteiger partial charge in [-0.15, -0.1) is 0 Å². The molecule has 0 fully saturated rings. The summed E-state index contributed by atoms with van der Waals surface area (Å²) in [6.45, 7) is 0. The summed E-state index contributed by atoms with van der Waals surface area (Å²) in [6.07, 6.45) is 0. The van der Waals surface area contributed by atoms with E-state index >= 15 is 0 Å². The lowest BCUT2D eigenvalue weighted by atomic mass is 10.3. The van der Waals surface area contributed by atoms with Crippen LogP contribution in [0.15, 0.2) is 23.1 Å². The molecule has 0 aliphatic rings. The van der Waals surface area contributed by atoms with Gasteiger partial charge < -0.3 is 10.5 Å². The number of benzene rings is 1. The van der Waals surface area contributed by atoms with Crippen molar-refractivity contribution in [1.29, 1.82) is 5.26 Å². The lowest BCUT2D eigenvalue weighted by Crippen LogP contribution is -1.91. The quantitative estimate of drug-likeness (QED) is 0.428. The highest BCUT2D eigenvalue weighted by atomic mass is 32.2. The lowest BCUT2D eigenvalue weighted by Gasteiger charge is -2.04. The Kier molecular flexibility index (Phi) is 2.83. The number of hydrogen-bond acceptors (Lipinski definition) is 4. The van der Waals surface area contributed by atoms with E-state index < -0.39 is 0 Å². The molecule has 0 aliphatic carbocycles. The van der Waals surface area contributed by atoms with E-state index in [-0.39, 0.29) is 0 Å². The molecular weight excluding hydrogens is 172 g/mol. The summed E-state index contributed by atoms with van der Waals surface area (Å²) in [6, 6.07) is 5.24. The maximum atomic E-state index is 8.39. The zero-order valence-corrected chi connectivity index (χ0v) is 7.39. The summed E-state index contributed by atoms with van der Waals surface area (Å²) < 4.78 is 4.98. The number of thioether (sulfide) groups is 1. The van der Waals surface area contributed by atoms with Gasteiger partial charge in [0.2, 0.25) is 0 Å². The molecule has 12 heavy (non-hydrogen) atoms. The molecule has 1 aromatic carbocycles. The summed E-state index contributed by atoms with van der Waals surface area (Å²) in [5.74, 6) is 0.607. The van der Waals surface area contributed by atoms with Crippen LogP contribution in [0.1, 0.15) is 0 Å². The van der Waals surface area contributed by atoms with E-state index in [0.29, 0.717) is 11.4 Å². The second-order valence-electron chi connectivity index (χ2n) is 2.10. The third-order valence-corrected chi connectivity index (χ3v) is 1.95. The third kappa shape index (κ3) is 1.83. The van der Waals surface area contributed by atoms with E-state index in [2.05, 4.69) is 0 Å². The third-order valence-electron chi connectivity index (χ3n) is 1.37. The Balaban J connectivity index is 2.98. The molecule has 3 nitrogen and oxygen atoms in total. The summed E-state index contributed by atoms with van der Waals surface area (Å²) in [4.78, 5) is 0.837. The van der Waals surface area contributed by atoms with Crippen molar-refractivity contribution in [1.82, 2.24) is 0 Å². The van der Waals surface area contributed by atoms with E-state index in [1.165, 1.54) is 0 Å². The first-order valence-electron chi connectivity index (χ1n) is 3.27. The molecular formula is C8H8N2OS. The van der Waals surface area contributed by atoms with Gasteiger partial charge in [0.1, 0.15) is 11.2 Å². The van der Waals surface area contributed by atoms with Gasteiger partial charge in [-0.25, -0.2) is 0 Å². The Morgan fingerprint density at radius 1 is 1.58 bits per heavy atom. The Labute approximate surface area is 75.1 Å². The number of nitrogens with zero attached hydrogens (tertiary/aromatic N) is 1. The number of rotatable bonds is 2. The van der Waals surface area contributed by atoms with Crippen molar-refractivity contribution >= 4 is 17.4 Å². The second kappa shape index (κ2) is 3.88. The number of nitrogens with two attached hydrogens (primary N) is 1. The molecule has 62 valence electrons. The predicted octanol–water partition coefficient (Wildman–Crippen LogP) is 1.85. The first-order valence-corrected chi connectivity index (χ1v) is 4.09. The molecule has 0 atom stereocenters. The molecule has 0 radical (unpaired) electrons. The van der Waals surface area contributed by atoms with Gasteiger partial charge in [0, 0.05) is 4.90 Å². The molecule has 0 saturated heterocycles. The maximum Gasteiger partial charge on any atom is 0.142 e. The number of methoxy groups -OCH3 is 1. The number of hydrogen-bond donors (Lipinski definition) is 1. The molecule has 0 saturated carbocycles. The van der Waals surface area contributed by atoms with E-state index in [4.69, 9.17) is 15.7 Å². The highest BCUT2D eigenvalue weighted by Crippen LogP contribution is 2.27. The van der Waals surface area contributed by atoms with E-state index in [1.807, 2.05) is 5.40 Å². The molecule has 0 aromatic heterocycles. The minimum Gasteiger partial charge on any atom is -0.495 e. The minimum absolute atomic E-state index is 0.583. The van der Waals surface area contributed by atoms with Crippen molar-refractivity contribution in [2.24, 2.45) is 0 Å². The summed E-state index contributed by atoms with van der Waals surface area (Å²) in [5, 5.41) is 10.4.